The largest absolute Gasteiger partial charge is 0.345 e. The van der Waals surface area contributed by atoms with Gasteiger partial charge in [-0.25, -0.2) is 4.39 Å². The lowest BCUT2D eigenvalue weighted by Crippen LogP contribution is -2.27. The van der Waals surface area contributed by atoms with Gasteiger partial charge in [-0.05, 0) is 46.6 Å². The van der Waals surface area contributed by atoms with Crippen molar-refractivity contribution in [3.63, 3.8) is 0 Å². The average molecular weight is 357 g/mol. The third-order valence-corrected chi connectivity index (χ3v) is 4.07. The van der Waals surface area contributed by atoms with Crippen LogP contribution in [-0.2, 0) is 0 Å². The fourth-order valence-corrected chi connectivity index (χ4v) is 2.60. The lowest BCUT2D eigenvalue weighted by molar-refractivity contribution is 0.0938. The summed E-state index contributed by atoms with van der Waals surface area (Å²) < 4.78 is 13.6. The number of carbonyl (C=O) groups excluding carboxylic acids is 1. The smallest absolute Gasteiger partial charge is 0.253 e. The molecule has 0 fully saturated rings. The van der Waals surface area contributed by atoms with Gasteiger partial charge in [0.2, 0.25) is 0 Å². The standard InChI is InChI=1S/C15H12BrClFNO/c1-9(10-5-2-3-7-12(10)17)19-15(20)11-6-4-8-13(18)14(11)16/h2-9H,1H3,(H,19,20). The Balaban J connectivity index is 2.20. The van der Waals surface area contributed by atoms with Crippen molar-refractivity contribution in [2.75, 3.05) is 0 Å². The first-order chi connectivity index (χ1) is 9.50. The zero-order valence-corrected chi connectivity index (χ0v) is 13.0. The summed E-state index contributed by atoms with van der Waals surface area (Å²) in [5.41, 5.74) is 1.07. The van der Waals surface area contributed by atoms with Crippen LogP contribution in [0.2, 0.25) is 5.02 Å². The van der Waals surface area contributed by atoms with E-state index in [1.165, 1.54) is 12.1 Å². The van der Waals surface area contributed by atoms with Crippen molar-refractivity contribution in [2.24, 2.45) is 0 Å². The molecule has 1 atom stereocenters. The van der Waals surface area contributed by atoms with Gasteiger partial charge in [-0.1, -0.05) is 35.9 Å². The lowest BCUT2D eigenvalue weighted by atomic mass is 10.1. The predicted molar refractivity (Wildman–Crippen MR) is 81.4 cm³/mol. The minimum Gasteiger partial charge on any atom is -0.345 e. The van der Waals surface area contributed by atoms with Crippen molar-refractivity contribution < 1.29 is 9.18 Å². The van der Waals surface area contributed by atoms with E-state index in [0.29, 0.717) is 5.02 Å². The summed E-state index contributed by atoms with van der Waals surface area (Å²) in [6, 6.07) is 11.3. The van der Waals surface area contributed by atoms with Gasteiger partial charge in [0.1, 0.15) is 5.82 Å². The normalized spacial score (nSPS) is 12.0. The van der Waals surface area contributed by atoms with Crippen LogP contribution in [0.25, 0.3) is 0 Å². The summed E-state index contributed by atoms with van der Waals surface area (Å²) in [5.74, 6) is -0.827. The van der Waals surface area contributed by atoms with Crippen LogP contribution in [0, 0.1) is 5.82 Å². The van der Waals surface area contributed by atoms with Crippen LogP contribution in [-0.4, -0.2) is 5.91 Å². The summed E-state index contributed by atoms with van der Waals surface area (Å²) in [4.78, 5) is 12.2. The molecule has 0 aliphatic rings. The highest BCUT2D eigenvalue weighted by atomic mass is 79.9. The second-order valence-electron chi connectivity index (χ2n) is 4.32. The van der Waals surface area contributed by atoms with Crippen LogP contribution in [0.5, 0.6) is 0 Å². The molecule has 0 bridgehead atoms. The lowest BCUT2D eigenvalue weighted by Gasteiger charge is -2.16. The summed E-state index contributed by atoms with van der Waals surface area (Å²) in [5, 5.41) is 3.38. The fourth-order valence-electron chi connectivity index (χ4n) is 1.86. The molecule has 1 N–H and O–H groups in total. The summed E-state index contributed by atoms with van der Waals surface area (Å²) >= 11 is 9.16. The van der Waals surface area contributed by atoms with Crippen LogP contribution in [0.3, 0.4) is 0 Å². The van der Waals surface area contributed by atoms with E-state index in [1.54, 1.807) is 12.1 Å². The predicted octanol–water partition coefficient (Wildman–Crippen LogP) is 4.73. The van der Waals surface area contributed by atoms with Crippen molar-refractivity contribution in [3.05, 3.63) is 68.9 Å². The van der Waals surface area contributed by atoms with E-state index >= 15 is 0 Å². The third-order valence-electron chi connectivity index (χ3n) is 2.92. The monoisotopic (exact) mass is 355 g/mol. The van der Waals surface area contributed by atoms with Gasteiger partial charge in [-0.2, -0.15) is 0 Å². The topological polar surface area (TPSA) is 29.1 Å². The van der Waals surface area contributed by atoms with Gasteiger partial charge in [0.15, 0.2) is 0 Å². The zero-order chi connectivity index (χ0) is 14.7. The Hall–Kier alpha value is -1.39. The molecule has 1 amide bonds. The molecule has 0 aliphatic carbocycles. The highest BCUT2D eigenvalue weighted by Gasteiger charge is 2.17. The fraction of sp³-hybridized carbons (Fsp3) is 0.133. The van der Waals surface area contributed by atoms with Crippen LogP contribution in [0.4, 0.5) is 4.39 Å². The number of benzene rings is 2. The maximum absolute atomic E-state index is 13.4. The van der Waals surface area contributed by atoms with E-state index in [4.69, 9.17) is 11.6 Å². The third kappa shape index (κ3) is 3.19. The number of nitrogens with one attached hydrogen (secondary N) is 1. The van der Waals surface area contributed by atoms with E-state index in [-0.39, 0.29) is 22.0 Å². The average Bonchev–Trinajstić information content (AvgIpc) is 2.42. The van der Waals surface area contributed by atoms with Gasteiger partial charge in [0, 0.05) is 5.02 Å². The second kappa shape index (κ2) is 6.37. The number of hydrogen-bond donors (Lipinski definition) is 1. The first-order valence-corrected chi connectivity index (χ1v) is 7.17. The Morgan fingerprint density at radius 1 is 1.25 bits per heavy atom. The second-order valence-corrected chi connectivity index (χ2v) is 5.52. The zero-order valence-electron chi connectivity index (χ0n) is 10.7. The Labute approximate surface area is 130 Å². The van der Waals surface area contributed by atoms with Gasteiger partial charge in [0.05, 0.1) is 16.1 Å². The summed E-state index contributed by atoms with van der Waals surface area (Å²) in [6.07, 6.45) is 0. The number of carbonyl (C=O) groups is 1. The van der Waals surface area contributed by atoms with E-state index in [0.717, 1.165) is 5.56 Å². The SMILES string of the molecule is CC(NC(=O)c1cccc(F)c1Br)c1ccccc1Cl. The van der Waals surface area contributed by atoms with Gasteiger partial charge in [-0.15, -0.1) is 0 Å². The summed E-state index contributed by atoms with van der Waals surface area (Å²) in [6.45, 7) is 1.83. The maximum atomic E-state index is 13.4. The van der Waals surface area contributed by atoms with Crippen molar-refractivity contribution in [1.82, 2.24) is 5.32 Å². The Morgan fingerprint density at radius 2 is 1.95 bits per heavy atom. The van der Waals surface area contributed by atoms with Crippen LogP contribution < -0.4 is 5.32 Å². The molecule has 0 spiro atoms. The maximum Gasteiger partial charge on any atom is 0.253 e. The van der Waals surface area contributed by atoms with E-state index < -0.39 is 5.82 Å². The molecule has 2 aromatic rings. The van der Waals surface area contributed by atoms with Crippen molar-refractivity contribution in [3.8, 4) is 0 Å². The van der Waals surface area contributed by atoms with Crippen molar-refractivity contribution in [2.45, 2.75) is 13.0 Å². The van der Waals surface area contributed by atoms with Crippen LogP contribution >= 0.6 is 27.5 Å². The van der Waals surface area contributed by atoms with Gasteiger partial charge in [-0.3, -0.25) is 4.79 Å². The van der Waals surface area contributed by atoms with Crippen molar-refractivity contribution >= 4 is 33.4 Å². The minimum atomic E-state index is -0.469. The molecule has 0 heterocycles. The molecule has 5 heteroatoms. The van der Waals surface area contributed by atoms with Gasteiger partial charge < -0.3 is 5.32 Å². The van der Waals surface area contributed by atoms with Gasteiger partial charge >= 0.3 is 0 Å². The van der Waals surface area contributed by atoms with E-state index in [1.807, 2.05) is 25.1 Å². The molecule has 0 saturated heterocycles. The number of hydrogen-bond acceptors (Lipinski definition) is 1. The van der Waals surface area contributed by atoms with Gasteiger partial charge in [0.25, 0.3) is 5.91 Å². The summed E-state index contributed by atoms with van der Waals surface area (Å²) in [7, 11) is 0. The number of halogens is 3. The molecule has 104 valence electrons. The molecule has 0 aromatic heterocycles. The molecule has 1 unspecified atom stereocenters. The molecule has 2 aromatic carbocycles. The molecular formula is C15H12BrClFNO. The molecule has 0 saturated carbocycles. The molecule has 0 radical (unpaired) electrons. The minimum absolute atomic E-state index is 0.156. The Bertz CT molecular complexity index is 648. The van der Waals surface area contributed by atoms with Crippen molar-refractivity contribution in [1.29, 1.82) is 0 Å². The van der Waals surface area contributed by atoms with Crippen LogP contribution in [0.1, 0.15) is 28.9 Å². The molecular weight excluding hydrogens is 345 g/mol. The first kappa shape index (κ1) is 15.0. The van der Waals surface area contributed by atoms with Crippen LogP contribution in [0.15, 0.2) is 46.9 Å². The quantitative estimate of drug-likeness (QED) is 0.846. The highest BCUT2D eigenvalue weighted by Crippen LogP contribution is 2.24. The molecule has 20 heavy (non-hydrogen) atoms. The van der Waals surface area contributed by atoms with E-state index in [9.17, 15) is 9.18 Å². The first-order valence-electron chi connectivity index (χ1n) is 6.00. The molecule has 0 aliphatic heterocycles. The van der Waals surface area contributed by atoms with E-state index in [2.05, 4.69) is 21.2 Å². The number of rotatable bonds is 3. The highest BCUT2D eigenvalue weighted by molar-refractivity contribution is 9.10. The molecule has 2 rings (SSSR count). The number of amides is 1. The Morgan fingerprint density at radius 3 is 2.65 bits per heavy atom. The Kier molecular flexibility index (Phi) is 4.78. The molecule has 2 nitrogen and oxygen atoms in total.